The summed E-state index contributed by atoms with van der Waals surface area (Å²) in [4.78, 5) is 4.10. The van der Waals surface area contributed by atoms with E-state index < -0.39 is 0 Å². The molecule has 0 radical (unpaired) electrons. The molecule has 1 aliphatic rings. The van der Waals surface area contributed by atoms with Crippen molar-refractivity contribution in [2.75, 3.05) is 7.11 Å². The lowest BCUT2D eigenvalue weighted by Crippen LogP contribution is -1.84. The second-order valence-corrected chi connectivity index (χ2v) is 2.48. The molecule has 0 spiro atoms. The highest BCUT2D eigenvalue weighted by Gasteiger charge is 2.27. The summed E-state index contributed by atoms with van der Waals surface area (Å²) in [6, 6.07) is 0.446. The molecule has 1 N–H and O–H groups in total. The van der Waals surface area contributed by atoms with Gasteiger partial charge in [0.25, 0.3) is 0 Å². The summed E-state index contributed by atoms with van der Waals surface area (Å²) in [6.07, 6.45) is 2.47. The number of H-pyrrole nitrogens is 1. The second-order valence-electron chi connectivity index (χ2n) is 2.48. The minimum Gasteiger partial charge on any atom is -0.466 e. The van der Waals surface area contributed by atoms with Gasteiger partial charge in [-0.2, -0.15) is 4.98 Å². The highest BCUT2D eigenvalue weighted by molar-refractivity contribution is 5.06. The van der Waals surface area contributed by atoms with E-state index in [2.05, 4.69) is 15.2 Å². The molecule has 4 nitrogen and oxygen atoms in total. The van der Waals surface area contributed by atoms with Gasteiger partial charge in [-0.3, -0.25) is 5.10 Å². The van der Waals surface area contributed by atoms with Gasteiger partial charge in [-0.25, -0.2) is 0 Å². The maximum absolute atomic E-state index is 4.82. The van der Waals surface area contributed by atoms with Crippen LogP contribution in [-0.4, -0.2) is 22.3 Å². The highest BCUT2D eigenvalue weighted by atomic mass is 16.5. The van der Waals surface area contributed by atoms with Crippen molar-refractivity contribution in [2.45, 2.75) is 18.8 Å². The molecule has 54 valence electrons. The average molecular weight is 139 g/mol. The van der Waals surface area contributed by atoms with Gasteiger partial charge in [0.1, 0.15) is 5.82 Å². The zero-order chi connectivity index (χ0) is 6.97. The first-order valence-electron chi connectivity index (χ1n) is 3.36. The van der Waals surface area contributed by atoms with Crippen molar-refractivity contribution in [2.24, 2.45) is 0 Å². The predicted octanol–water partition coefficient (Wildman–Crippen LogP) is 0.691. The Morgan fingerprint density at radius 3 is 2.90 bits per heavy atom. The summed E-state index contributed by atoms with van der Waals surface area (Å²) in [5.74, 6) is 1.59. The van der Waals surface area contributed by atoms with E-state index in [9.17, 15) is 0 Å². The number of hydrogen-bond donors (Lipinski definition) is 1. The highest BCUT2D eigenvalue weighted by Crippen LogP contribution is 2.38. The Morgan fingerprint density at radius 2 is 2.40 bits per heavy atom. The molecule has 0 saturated heterocycles. The topological polar surface area (TPSA) is 50.8 Å². The van der Waals surface area contributed by atoms with Gasteiger partial charge in [-0.1, -0.05) is 0 Å². The second kappa shape index (κ2) is 1.97. The summed E-state index contributed by atoms with van der Waals surface area (Å²) in [5.41, 5.74) is 0. The summed E-state index contributed by atoms with van der Waals surface area (Å²) in [7, 11) is 1.57. The number of aromatic amines is 1. The first-order chi connectivity index (χ1) is 4.90. The third-order valence-corrected chi connectivity index (χ3v) is 1.63. The molecule has 1 heterocycles. The van der Waals surface area contributed by atoms with Crippen LogP contribution in [0.5, 0.6) is 6.01 Å². The maximum atomic E-state index is 4.82. The lowest BCUT2D eigenvalue weighted by Gasteiger charge is -1.85. The van der Waals surface area contributed by atoms with Crippen LogP contribution in [0, 0.1) is 0 Å². The summed E-state index contributed by atoms with van der Waals surface area (Å²) in [6.45, 7) is 0. The van der Waals surface area contributed by atoms with Crippen LogP contribution in [0.4, 0.5) is 0 Å². The van der Waals surface area contributed by atoms with Gasteiger partial charge < -0.3 is 4.74 Å². The monoisotopic (exact) mass is 139 g/mol. The molecule has 0 atom stereocenters. The van der Waals surface area contributed by atoms with Crippen LogP contribution in [0.1, 0.15) is 24.6 Å². The van der Waals surface area contributed by atoms with Crippen LogP contribution < -0.4 is 4.74 Å². The number of hydrogen-bond acceptors (Lipinski definition) is 3. The number of nitrogens with zero attached hydrogens (tertiary/aromatic N) is 2. The minimum absolute atomic E-state index is 0.446. The van der Waals surface area contributed by atoms with Crippen molar-refractivity contribution in [3.05, 3.63) is 5.82 Å². The zero-order valence-electron chi connectivity index (χ0n) is 5.79. The number of methoxy groups -OCH3 is 1. The molecule has 1 aromatic rings. The van der Waals surface area contributed by atoms with E-state index in [1.54, 1.807) is 7.11 Å². The molecular formula is C6H9N3O. The van der Waals surface area contributed by atoms with Gasteiger partial charge in [-0.15, -0.1) is 5.10 Å². The summed E-state index contributed by atoms with van der Waals surface area (Å²) in [5, 5.41) is 6.67. The summed E-state index contributed by atoms with van der Waals surface area (Å²) >= 11 is 0. The third kappa shape index (κ3) is 0.853. The molecule has 4 heteroatoms. The molecule has 1 aromatic heterocycles. The maximum Gasteiger partial charge on any atom is 0.335 e. The van der Waals surface area contributed by atoms with E-state index in [-0.39, 0.29) is 0 Å². The van der Waals surface area contributed by atoms with Crippen LogP contribution in [0.25, 0.3) is 0 Å². The normalized spacial score (nSPS) is 17.3. The molecule has 1 saturated carbocycles. The Balaban J connectivity index is 2.19. The number of aromatic nitrogens is 3. The van der Waals surface area contributed by atoms with Crippen LogP contribution in [0.3, 0.4) is 0 Å². The van der Waals surface area contributed by atoms with Gasteiger partial charge in [-0.05, 0) is 12.8 Å². The third-order valence-electron chi connectivity index (χ3n) is 1.63. The van der Waals surface area contributed by atoms with Crippen LogP contribution in [-0.2, 0) is 0 Å². The average Bonchev–Trinajstić information content (AvgIpc) is 2.70. The van der Waals surface area contributed by atoms with Crippen molar-refractivity contribution in [3.63, 3.8) is 0 Å². The lowest BCUT2D eigenvalue weighted by molar-refractivity contribution is 0.381. The van der Waals surface area contributed by atoms with Gasteiger partial charge in [0, 0.05) is 5.92 Å². The first-order valence-corrected chi connectivity index (χ1v) is 3.36. The number of rotatable bonds is 2. The van der Waals surface area contributed by atoms with Gasteiger partial charge >= 0.3 is 6.01 Å². The molecule has 2 rings (SSSR count). The first kappa shape index (κ1) is 5.70. The SMILES string of the molecule is COc1n[nH]c(C2CC2)n1. The van der Waals surface area contributed by atoms with Gasteiger partial charge in [0.15, 0.2) is 0 Å². The van der Waals surface area contributed by atoms with E-state index >= 15 is 0 Å². The fourth-order valence-electron chi connectivity index (χ4n) is 0.889. The van der Waals surface area contributed by atoms with E-state index in [1.807, 2.05) is 0 Å². The van der Waals surface area contributed by atoms with E-state index in [4.69, 9.17) is 4.74 Å². The van der Waals surface area contributed by atoms with Gasteiger partial charge in [0.2, 0.25) is 0 Å². The fraction of sp³-hybridized carbons (Fsp3) is 0.667. The van der Waals surface area contributed by atoms with Crippen molar-refractivity contribution in [1.29, 1.82) is 0 Å². The van der Waals surface area contributed by atoms with Crippen molar-refractivity contribution in [1.82, 2.24) is 15.2 Å². The Morgan fingerprint density at radius 1 is 1.60 bits per heavy atom. The Labute approximate surface area is 58.6 Å². The largest absolute Gasteiger partial charge is 0.466 e. The van der Waals surface area contributed by atoms with Crippen LogP contribution >= 0.6 is 0 Å². The Hall–Kier alpha value is -1.06. The van der Waals surface area contributed by atoms with E-state index in [1.165, 1.54) is 12.8 Å². The van der Waals surface area contributed by atoms with E-state index in [0.29, 0.717) is 11.9 Å². The smallest absolute Gasteiger partial charge is 0.335 e. The Kier molecular flexibility index (Phi) is 1.12. The van der Waals surface area contributed by atoms with E-state index in [0.717, 1.165) is 5.82 Å². The minimum atomic E-state index is 0.446. The molecule has 10 heavy (non-hydrogen) atoms. The molecular weight excluding hydrogens is 130 g/mol. The zero-order valence-corrected chi connectivity index (χ0v) is 5.79. The molecule has 0 bridgehead atoms. The molecule has 0 amide bonds. The molecule has 1 aliphatic carbocycles. The Bertz CT molecular complexity index is 229. The summed E-state index contributed by atoms with van der Waals surface area (Å²) < 4.78 is 4.82. The molecule has 0 unspecified atom stereocenters. The van der Waals surface area contributed by atoms with Crippen LogP contribution in [0.15, 0.2) is 0 Å². The quantitative estimate of drug-likeness (QED) is 0.655. The lowest BCUT2D eigenvalue weighted by atomic mass is 10.4. The predicted molar refractivity (Wildman–Crippen MR) is 34.9 cm³/mol. The number of nitrogens with one attached hydrogen (secondary N) is 1. The fourth-order valence-corrected chi connectivity index (χ4v) is 0.889. The van der Waals surface area contributed by atoms with Crippen molar-refractivity contribution >= 4 is 0 Å². The molecule has 0 aromatic carbocycles. The van der Waals surface area contributed by atoms with Gasteiger partial charge in [0.05, 0.1) is 7.11 Å². The standard InChI is InChI=1S/C6H9N3O/c1-10-6-7-5(8-9-6)4-2-3-4/h4H,2-3H2,1H3,(H,7,8,9). The molecule has 1 fully saturated rings. The van der Waals surface area contributed by atoms with Crippen molar-refractivity contribution < 1.29 is 4.74 Å². The van der Waals surface area contributed by atoms with Crippen molar-refractivity contribution in [3.8, 4) is 6.01 Å². The molecule has 0 aliphatic heterocycles. The number of ether oxygens (including phenoxy) is 1. The van der Waals surface area contributed by atoms with Crippen LogP contribution in [0.2, 0.25) is 0 Å².